The Morgan fingerprint density at radius 2 is 2.00 bits per heavy atom. The molecule has 0 aliphatic rings. The second kappa shape index (κ2) is 5.86. The fraction of sp³-hybridized carbons (Fsp3) is 0.800. The fourth-order valence-electron chi connectivity index (χ4n) is 0.449. The molecular formula is C5H10NO3SW-. The quantitative estimate of drug-likeness (QED) is 0.692. The molecule has 1 N–H and O–H groups in total. The van der Waals surface area contributed by atoms with Crippen molar-refractivity contribution in [3.05, 3.63) is 0 Å². The van der Waals surface area contributed by atoms with Crippen molar-refractivity contribution in [3.8, 4) is 0 Å². The first-order valence-corrected chi connectivity index (χ1v) is 4.73. The van der Waals surface area contributed by atoms with Gasteiger partial charge in [0.15, 0.2) is 0 Å². The van der Waals surface area contributed by atoms with Gasteiger partial charge in [-0.2, -0.15) is 0 Å². The summed E-state index contributed by atoms with van der Waals surface area (Å²) in [5.41, 5.74) is 0. The van der Waals surface area contributed by atoms with Gasteiger partial charge in [0, 0.05) is 21.1 Å². The van der Waals surface area contributed by atoms with E-state index in [4.69, 9.17) is 0 Å². The zero-order valence-electron chi connectivity index (χ0n) is 6.33. The molecule has 0 saturated carbocycles. The van der Waals surface area contributed by atoms with Crippen LogP contribution in [0, 0.1) is 0 Å². The van der Waals surface area contributed by atoms with Crippen LogP contribution in [0.4, 0.5) is 0 Å². The molecule has 66 valence electrons. The molecule has 0 aromatic rings. The van der Waals surface area contributed by atoms with Crippen LogP contribution in [0.1, 0.15) is 13.3 Å². The van der Waals surface area contributed by atoms with Crippen LogP contribution in [0.3, 0.4) is 0 Å². The van der Waals surface area contributed by atoms with E-state index in [2.05, 4.69) is 4.72 Å². The Balaban J connectivity index is 0. The molecule has 0 saturated heterocycles. The molecule has 0 aromatic carbocycles. The van der Waals surface area contributed by atoms with Crippen molar-refractivity contribution in [2.45, 2.75) is 19.4 Å². The summed E-state index contributed by atoms with van der Waals surface area (Å²) in [6, 6.07) is -0.699. The molecule has 6 heteroatoms. The second-order valence-corrected chi connectivity index (χ2v) is 3.75. The largest absolute Gasteiger partial charge is 0.540 e. The summed E-state index contributed by atoms with van der Waals surface area (Å²) in [7, 11) is -3.26. The SMILES string of the molecule is CCC([C-]=O)NS(C)(=O)=O.[W]. The van der Waals surface area contributed by atoms with E-state index in [0.717, 1.165) is 6.26 Å². The van der Waals surface area contributed by atoms with Gasteiger partial charge in [-0.05, 0) is 0 Å². The Labute approximate surface area is 81.1 Å². The number of nitrogens with one attached hydrogen (secondary N) is 1. The van der Waals surface area contributed by atoms with Gasteiger partial charge in [0.2, 0.25) is 10.0 Å². The number of hydrogen-bond donors (Lipinski definition) is 1. The molecule has 0 aromatic heterocycles. The van der Waals surface area contributed by atoms with Crippen LogP contribution in [-0.2, 0) is 35.9 Å². The molecule has 0 amide bonds. The summed E-state index contributed by atoms with van der Waals surface area (Å²) in [5.74, 6) is 0. The molecule has 0 radical (unpaired) electrons. The third-order valence-corrected chi connectivity index (χ3v) is 1.62. The molecule has 11 heavy (non-hydrogen) atoms. The van der Waals surface area contributed by atoms with Gasteiger partial charge in [0.25, 0.3) is 0 Å². The van der Waals surface area contributed by atoms with E-state index in [1.165, 1.54) is 0 Å². The average Bonchev–Trinajstić information content (AvgIpc) is 1.81. The topological polar surface area (TPSA) is 63.2 Å². The van der Waals surface area contributed by atoms with Crippen LogP contribution in [0.5, 0.6) is 0 Å². The number of carbonyl (C=O) groups excluding carboxylic acids is 1. The van der Waals surface area contributed by atoms with E-state index < -0.39 is 16.1 Å². The van der Waals surface area contributed by atoms with Crippen molar-refractivity contribution in [3.63, 3.8) is 0 Å². The van der Waals surface area contributed by atoms with Crippen LogP contribution >= 0.6 is 0 Å². The summed E-state index contributed by atoms with van der Waals surface area (Å²) in [5, 5.41) is 0. The van der Waals surface area contributed by atoms with Crippen molar-refractivity contribution < 1.29 is 34.3 Å². The standard InChI is InChI=1S/C5H10NO3S.W/c1-3-5(4-7)6-10(2,8)9;/h5-6H,3H2,1-2H3;/q-1;. The van der Waals surface area contributed by atoms with Crippen LogP contribution in [0.2, 0.25) is 0 Å². The van der Waals surface area contributed by atoms with Crippen molar-refractivity contribution in [1.29, 1.82) is 0 Å². The van der Waals surface area contributed by atoms with Crippen molar-refractivity contribution in [1.82, 2.24) is 4.72 Å². The fourth-order valence-corrected chi connectivity index (χ4v) is 1.18. The average molecular weight is 348 g/mol. The predicted molar refractivity (Wildman–Crippen MR) is 37.8 cm³/mol. The first-order chi connectivity index (χ1) is 4.49. The monoisotopic (exact) mass is 348 g/mol. The number of rotatable bonds is 4. The zero-order chi connectivity index (χ0) is 8.20. The molecule has 1 atom stereocenters. The van der Waals surface area contributed by atoms with Gasteiger partial charge in [-0.15, -0.1) is 0 Å². The normalized spacial score (nSPS) is 13.3. The minimum Gasteiger partial charge on any atom is -0.540 e. The van der Waals surface area contributed by atoms with Crippen molar-refractivity contribution >= 4 is 16.3 Å². The summed E-state index contributed by atoms with van der Waals surface area (Å²) in [4.78, 5) is 9.96. The van der Waals surface area contributed by atoms with E-state index in [1.54, 1.807) is 13.2 Å². The molecule has 0 bridgehead atoms. The van der Waals surface area contributed by atoms with Gasteiger partial charge in [0.1, 0.15) is 0 Å². The molecular weight excluding hydrogens is 338 g/mol. The maximum absolute atomic E-state index is 10.5. The van der Waals surface area contributed by atoms with Crippen molar-refractivity contribution in [2.75, 3.05) is 6.26 Å². The Morgan fingerprint density at radius 1 is 1.55 bits per heavy atom. The summed E-state index contributed by atoms with van der Waals surface area (Å²) >= 11 is 0. The van der Waals surface area contributed by atoms with Gasteiger partial charge in [-0.25, -0.2) is 19.4 Å². The number of sulfonamides is 1. The molecule has 1 unspecified atom stereocenters. The second-order valence-electron chi connectivity index (χ2n) is 1.97. The molecule has 0 heterocycles. The molecule has 0 fully saturated rings. The Morgan fingerprint density at radius 3 is 2.09 bits per heavy atom. The first-order valence-electron chi connectivity index (χ1n) is 2.84. The van der Waals surface area contributed by atoms with Gasteiger partial charge in [0.05, 0.1) is 6.26 Å². The molecule has 4 nitrogen and oxygen atoms in total. The molecule has 0 rings (SSSR count). The van der Waals surface area contributed by atoms with E-state index >= 15 is 0 Å². The van der Waals surface area contributed by atoms with E-state index in [-0.39, 0.29) is 21.1 Å². The van der Waals surface area contributed by atoms with Gasteiger partial charge >= 0.3 is 0 Å². The summed E-state index contributed by atoms with van der Waals surface area (Å²) in [6.45, 7) is 1.70. The molecule has 0 aliphatic heterocycles. The molecule has 0 spiro atoms. The summed E-state index contributed by atoms with van der Waals surface area (Å²) < 4.78 is 23.0. The van der Waals surface area contributed by atoms with Crippen LogP contribution in [0.25, 0.3) is 0 Å². The van der Waals surface area contributed by atoms with E-state index in [0.29, 0.717) is 6.42 Å². The Kier molecular flexibility index (Phi) is 7.37. The Bertz CT molecular complexity index is 202. The zero-order valence-corrected chi connectivity index (χ0v) is 10.1. The van der Waals surface area contributed by atoms with Gasteiger partial charge < -0.3 is 4.79 Å². The van der Waals surface area contributed by atoms with Gasteiger partial charge in [-0.1, -0.05) is 19.4 Å². The van der Waals surface area contributed by atoms with Crippen molar-refractivity contribution in [2.24, 2.45) is 0 Å². The maximum Gasteiger partial charge on any atom is 0.206 e. The van der Waals surface area contributed by atoms with Crippen LogP contribution in [0.15, 0.2) is 0 Å². The minimum absolute atomic E-state index is 0. The minimum atomic E-state index is -3.26. The van der Waals surface area contributed by atoms with E-state index in [1.807, 2.05) is 0 Å². The smallest absolute Gasteiger partial charge is 0.206 e. The summed E-state index contributed by atoms with van der Waals surface area (Å²) in [6.07, 6.45) is 3.00. The number of hydrogen-bond acceptors (Lipinski definition) is 3. The Hall–Kier alpha value is 0.268. The van der Waals surface area contributed by atoms with Crippen LogP contribution in [-0.4, -0.2) is 27.0 Å². The maximum atomic E-state index is 10.5. The third-order valence-electron chi connectivity index (χ3n) is 0.907. The first kappa shape index (κ1) is 13.8. The molecule has 0 aliphatic carbocycles. The third kappa shape index (κ3) is 8.17. The van der Waals surface area contributed by atoms with E-state index in [9.17, 15) is 13.2 Å². The predicted octanol–water partition coefficient (Wildman–Crippen LogP) is -0.579. The van der Waals surface area contributed by atoms with Gasteiger partial charge in [-0.3, -0.25) is 0 Å². The van der Waals surface area contributed by atoms with Crippen LogP contribution < -0.4 is 4.72 Å².